The second-order valence-electron chi connectivity index (χ2n) is 6.41. The number of anilines is 1. The standard InChI is InChI=1S/C18H26N2O4S/c1-15(14-25(3,22)23)19(2)18(21)9-6-16-4-7-17(8-5-16)20-10-12-24-13-11-20/h4-9,15H,10-14H2,1-3H3/b9-6+. The van der Waals surface area contributed by atoms with Gasteiger partial charge in [-0.15, -0.1) is 0 Å². The normalized spacial score (nSPS) is 16.8. The highest BCUT2D eigenvalue weighted by Gasteiger charge is 2.18. The Kier molecular flexibility index (Phi) is 6.61. The molecule has 0 saturated carbocycles. The van der Waals surface area contributed by atoms with Gasteiger partial charge in [0.05, 0.1) is 19.0 Å². The van der Waals surface area contributed by atoms with Gasteiger partial charge >= 0.3 is 0 Å². The Bertz CT molecular complexity index is 707. The minimum absolute atomic E-state index is 0.0443. The third-order valence-corrected chi connectivity index (χ3v) is 5.33. The predicted octanol–water partition coefficient (Wildman–Crippen LogP) is 1.43. The molecule has 0 N–H and O–H groups in total. The number of amides is 1. The summed E-state index contributed by atoms with van der Waals surface area (Å²) >= 11 is 0. The molecule has 2 rings (SSSR count). The van der Waals surface area contributed by atoms with Crippen molar-refractivity contribution < 1.29 is 17.9 Å². The monoisotopic (exact) mass is 366 g/mol. The molecule has 1 fully saturated rings. The molecule has 1 saturated heterocycles. The summed E-state index contributed by atoms with van der Waals surface area (Å²) in [5.74, 6) is -0.259. The second kappa shape index (κ2) is 8.49. The van der Waals surface area contributed by atoms with E-state index in [1.807, 2.05) is 24.3 Å². The maximum atomic E-state index is 12.2. The highest BCUT2D eigenvalue weighted by Crippen LogP contribution is 2.17. The maximum Gasteiger partial charge on any atom is 0.246 e. The Labute approximate surface area is 150 Å². The number of rotatable bonds is 6. The quantitative estimate of drug-likeness (QED) is 0.713. The molecule has 6 nitrogen and oxygen atoms in total. The fourth-order valence-corrected chi connectivity index (χ4v) is 3.77. The number of hydrogen-bond donors (Lipinski definition) is 0. The van der Waals surface area contributed by atoms with Gasteiger partial charge < -0.3 is 14.5 Å². The molecule has 1 aliphatic heterocycles. The van der Waals surface area contributed by atoms with Crippen molar-refractivity contribution in [1.29, 1.82) is 0 Å². The highest BCUT2D eigenvalue weighted by molar-refractivity contribution is 7.90. The van der Waals surface area contributed by atoms with Crippen LogP contribution in [0.5, 0.6) is 0 Å². The average Bonchev–Trinajstić information content (AvgIpc) is 2.58. The van der Waals surface area contributed by atoms with Crippen LogP contribution in [-0.4, -0.2) is 70.6 Å². The lowest BCUT2D eigenvalue weighted by molar-refractivity contribution is -0.126. The van der Waals surface area contributed by atoms with Gasteiger partial charge in [0.2, 0.25) is 5.91 Å². The van der Waals surface area contributed by atoms with Crippen LogP contribution >= 0.6 is 0 Å². The molecular formula is C18H26N2O4S. The van der Waals surface area contributed by atoms with Crippen molar-refractivity contribution in [3.8, 4) is 0 Å². The van der Waals surface area contributed by atoms with E-state index in [1.165, 1.54) is 17.2 Å². The van der Waals surface area contributed by atoms with Crippen LogP contribution in [0.25, 0.3) is 6.08 Å². The van der Waals surface area contributed by atoms with Crippen LogP contribution in [-0.2, 0) is 19.4 Å². The minimum Gasteiger partial charge on any atom is -0.378 e. The lowest BCUT2D eigenvalue weighted by Crippen LogP contribution is -2.38. The number of sulfone groups is 1. The van der Waals surface area contributed by atoms with Gasteiger partial charge in [-0.1, -0.05) is 12.1 Å². The van der Waals surface area contributed by atoms with Crippen LogP contribution in [0.3, 0.4) is 0 Å². The molecule has 1 heterocycles. The Morgan fingerprint density at radius 1 is 1.28 bits per heavy atom. The van der Waals surface area contributed by atoms with E-state index >= 15 is 0 Å². The van der Waals surface area contributed by atoms with Crippen molar-refractivity contribution in [2.75, 3.05) is 50.3 Å². The van der Waals surface area contributed by atoms with Gasteiger partial charge in [0.15, 0.2) is 0 Å². The summed E-state index contributed by atoms with van der Waals surface area (Å²) in [5, 5.41) is 0. The molecule has 1 aromatic carbocycles. The van der Waals surface area contributed by atoms with Gasteiger partial charge in [0.1, 0.15) is 9.84 Å². The number of benzene rings is 1. The first kappa shape index (κ1) is 19.5. The Morgan fingerprint density at radius 2 is 1.88 bits per heavy atom. The number of likely N-dealkylation sites (N-methyl/N-ethyl adjacent to an activating group) is 1. The lowest BCUT2D eigenvalue weighted by atomic mass is 10.1. The number of carbonyl (C=O) groups is 1. The van der Waals surface area contributed by atoms with Crippen molar-refractivity contribution in [1.82, 2.24) is 4.90 Å². The van der Waals surface area contributed by atoms with E-state index in [9.17, 15) is 13.2 Å². The number of hydrogen-bond acceptors (Lipinski definition) is 5. The van der Waals surface area contributed by atoms with E-state index in [0.717, 1.165) is 37.6 Å². The summed E-state index contributed by atoms with van der Waals surface area (Å²) in [6.07, 6.45) is 4.39. The molecule has 7 heteroatoms. The molecule has 1 unspecified atom stereocenters. The minimum atomic E-state index is -3.12. The van der Waals surface area contributed by atoms with Crippen LogP contribution < -0.4 is 4.90 Å². The fourth-order valence-electron chi connectivity index (χ4n) is 2.67. The zero-order valence-corrected chi connectivity index (χ0v) is 15.8. The first-order valence-corrected chi connectivity index (χ1v) is 10.4. The van der Waals surface area contributed by atoms with Gasteiger partial charge in [-0.2, -0.15) is 0 Å². The fraction of sp³-hybridized carbons (Fsp3) is 0.500. The predicted molar refractivity (Wildman–Crippen MR) is 100 cm³/mol. The molecule has 1 amide bonds. The van der Waals surface area contributed by atoms with Crippen molar-refractivity contribution in [2.45, 2.75) is 13.0 Å². The van der Waals surface area contributed by atoms with Gasteiger partial charge in [0, 0.05) is 44.2 Å². The lowest BCUT2D eigenvalue weighted by Gasteiger charge is -2.28. The molecule has 0 spiro atoms. The number of ether oxygens (including phenoxy) is 1. The van der Waals surface area contributed by atoms with E-state index in [0.29, 0.717) is 0 Å². The number of carbonyl (C=O) groups excluding carboxylic acids is 1. The Hall–Kier alpha value is -1.86. The van der Waals surface area contributed by atoms with Crippen LogP contribution in [0.15, 0.2) is 30.3 Å². The molecule has 138 valence electrons. The SMILES string of the molecule is CC(CS(C)(=O)=O)N(C)C(=O)/C=C/c1ccc(N2CCOCC2)cc1. The summed E-state index contributed by atoms with van der Waals surface area (Å²) in [5.41, 5.74) is 2.07. The average molecular weight is 366 g/mol. The summed E-state index contributed by atoms with van der Waals surface area (Å²) < 4.78 is 28.0. The van der Waals surface area contributed by atoms with E-state index < -0.39 is 9.84 Å². The molecule has 1 atom stereocenters. The van der Waals surface area contributed by atoms with Crippen LogP contribution in [0.1, 0.15) is 12.5 Å². The third kappa shape index (κ3) is 6.17. The van der Waals surface area contributed by atoms with E-state index in [4.69, 9.17) is 4.74 Å². The summed E-state index contributed by atoms with van der Waals surface area (Å²) in [4.78, 5) is 15.9. The highest BCUT2D eigenvalue weighted by atomic mass is 32.2. The Morgan fingerprint density at radius 3 is 2.44 bits per heavy atom. The van der Waals surface area contributed by atoms with E-state index in [-0.39, 0.29) is 17.7 Å². The van der Waals surface area contributed by atoms with Crippen molar-refractivity contribution >= 4 is 27.5 Å². The molecule has 0 aliphatic carbocycles. The molecule has 25 heavy (non-hydrogen) atoms. The van der Waals surface area contributed by atoms with Crippen LogP contribution in [0.2, 0.25) is 0 Å². The summed E-state index contributed by atoms with van der Waals surface area (Å²) in [6.45, 7) is 4.99. The van der Waals surface area contributed by atoms with Gasteiger partial charge in [-0.25, -0.2) is 8.42 Å². The van der Waals surface area contributed by atoms with E-state index in [1.54, 1.807) is 20.0 Å². The largest absolute Gasteiger partial charge is 0.378 e. The molecule has 0 aromatic heterocycles. The molecule has 1 aliphatic rings. The molecular weight excluding hydrogens is 340 g/mol. The Balaban J connectivity index is 1.95. The molecule has 0 radical (unpaired) electrons. The zero-order valence-electron chi connectivity index (χ0n) is 15.0. The van der Waals surface area contributed by atoms with Crippen molar-refractivity contribution in [2.24, 2.45) is 0 Å². The van der Waals surface area contributed by atoms with Gasteiger partial charge in [0.25, 0.3) is 0 Å². The number of morpholine rings is 1. The van der Waals surface area contributed by atoms with Crippen molar-refractivity contribution in [3.63, 3.8) is 0 Å². The maximum absolute atomic E-state index is 12.2. The molecule has 0 bridgehead atoms. The third-order valence-electron chi connectivity index (χ3n) is 4.24. The summed E-state index contributed by atoms with van der Waals surface area (Å²) in [7, 11) is -1.50. The van der Waals surface area contributed by atoms with Gasteiger partial charge in [-0.3, -0.25) is 4.79 Å². The van der Waals surface area contributed by atoms with Crippen molar-refractivity contribution in [3.05, 3.63) is 35.9 Å². The second-order valence-corrected chi connectivity index (χ2v) is 8.60. The first-order chi connectivity index (χ1) is 11.8. The topological polar surface area (TPSA) is 66.9 Å². The number of nitrogens with zero attached hydrogens (tertiary/aromatic N) is 2. The summed E-state index contributed by atoms with van der Waals surface area (Å²) in [6, 6.07) is 7.63. The zero-order chi connectivity index (χ0) is 18.4. The van der Waals surface area contributed by atoms with Crippen LogP contribution in [0, 0.1) is 0 Å². The van der Waals surface area contributed by atoms with Crippen LogP contribution in [0.4, 0.5) is 5.69 Å². The smallest absolute Gasteiger partial charge is 0.246 e. The van der Waals surface area contributed by atoms with Gasteiger partial charge in [-0.05, 0) is 30.7 Å². The molecule has 1 aromatic rings. The van der Waals surface area contributed by atoms with E-state index in [2.05, 4.69) is 4.90 Å². The first-order valence-electron chi connectivity index (χ1n) is 8.31.